The molecule has 5 heteroatoms. The average molecular weight is 315 g/mol. The summed E-state index contributed by atoms with van der Waals surface area (Å²) in [5.41, 5.74) is 0.484. The maximum atomic E-state index is 12.5. The number of aliphatic hydroxyl groups excluding tert-OH is 1. The molecule has 0 aromatic heterocycles. The van der Waals surface area contributed by atoms with Crippen LogP contribution in [-0.4, -0.2) is 41.3 Å². The molecule has 1 fully saturated rings. The number of aliphatic hydroxyl groups is 1. The van der Waals surface area contributed by atoms with Crippen LogP contribution in [0.25, 0.3) is 0 Å². The average Bonchev–Trinajstić information content (AvgIpc) is 2.58. The van der Waals surface area contributed by atoms with E-state index >= 15 is 0 Å². The number of rotatable bonds is 6. The van der Waals surface area contributed by atoms with E-state index in [-0.39, 0.29) is 42.8 Å². The fraction of sp³-hybridized carbons (Fsp3) is 0.444. The minimum Gasteiger partial charge on any atom is -0.394 e. The summed E-state index contributed by atoms with van der Waals surface area (Å²) >= 11 is 0. The molecule has 0 heterocycles. The largest absolute Gasteiger partial charge is 0.394 e. The van der Waals surface area contributed by atoms with Crippen molar-refractivity contribution in [1.29, 1.82) is 0 Å². The number of carbonyl (C=O) groups excluding carboxylic acids is 3. The Balaban J connectivity index is 2.17. The number of Topliss-reactive ketones (excluding diaryl/α,β-unsaturated/α-hetero) is 3. The van der Waals surface area contributed by atoms with Crippen LogP contribution >= 0.6 is 0 Å². The predicted octanol–water partition coefficient (Wildman–Crippen LogP) is 1.88. The minimum absolute atomic E-state index is 0.130. The smallest absolute Gasteiger partial charge is 0.173 e. The Bertz CT molecular complexity index is 605. The molecule has 0 amide bonds. The van der Waals surface area contributed by atoms with Crippen molar-refractivity contribution < 1.29 is 19.5 Å². The van der Waals surface area contributed by atoms with Crippen molar-refractivity contribution in [2.75, 3.05) is 6.61 Å². The molecular formula is C18H21NO4. The fourth-order valence-electron chi connectivity index (χ4n) is 2.67. The van der Waals surface area contributed by atoms with E-state index in [0.717, 1.165) is 0 Å². The molecule has 1 N–H and O–H groups in total. The normalized spacial score (nSPS) is 23.2. The monoisotopic (exact) mass is 315 g/mol. The summed E-state index contributed by atoms with van der Waals surface area (Å²) in [7, 11) is 0. The Morgan fingerprint density at radius 2 is 2.04 bits per heavy atom. The third-order valence-electron chi connectivity index (χ3n) is 4.18. The molecule has 1 unspecified atom stereocenters. The first kappa shape index (κ1) is 17.2. The second-order valence-corrected chi connectivity index (χ2v) is 5.71. The van der Waals surface area contributed by atoms with Crippen molar-refractivity contribution in [3.63, 3.8) is 0 Å². The van der Waals surface area contributed by atoms with Gasteiger partial charge in [0.15, 0.2) is 11.6 Å². The molecule has 1 aromatic rings. The van der Waals surface area contributed by atoms with Gasteiger partial charge >= 0.3 is 0 Å². The summed E-state index contributed by atoms with van der Waals surface area (Å²) in [6.07, 6.45) is 2.39. The van der Waals surface area contributed by atoms with E-state index in [1.165, 1.54) is 6.21 Å². The van der Waals surface area contributed by atoms with E-state index in [0.29, 0.717) is 12.0 Å². The summed E-state index contributed by atoms with van der Waals surface area (Å²) in [5.74, 6) is -2.59. The van der Waals surface area contributed by atoms with Gasteiger partial charge in [-0.3, -0.25) is 19.4 Å². The molecule has 1 aromatic carbocycles. The summed E-state index contributed by atoms with van der Waals surface area (Å²) in [6.45, 7) is 1.74. The number of ketones is 3. The number of nitrogens with zero attached hydrogens (tertiary/aromatic N) is 1. The summed E-state index contributed by atoms with van der Waals surface area (Å²) in [5, 5.41) is 9.14. The third kappa shape index (κ3) is 3.99. The molecule has 1 aliphatic rings. The van der Waals surface area contributed by atoms with E-state index in [4.69, 9.17) is 5.11 Å². The van der Waals surface area contributed by atoms with Crippen LogP contribution in [0, 0.1) is 11.8 Å². The molecule has 1 saturated carbocycles. The molecule has 3 atom stereocenters. The SMILES string of the molecule is CC[C@@H](CO)N=CC1C(=O)CC[C@@H](C(=O)c2ccccc2)C1=O. The summed E-state index contributed by atoms with van der Waals surface area (Å²) in [6, 6.07) is 8.33. The zero-order valence-corrected chi connectivity index (χ0v) is 13.1. The van der Waals surface area contributed by atoms with Crippen molar-refractivity contribution >= 4 is 23.6 Å². The van der Waals surface area contributed by atoms with Gasteiger partial charge in [-0.1, -0.05) is 37.3 Å². The highest BCUT2D eigenvalue weighted by Gasteiger charge is 2.40. The predicted molar refractivity (Wildman–Crippen MR) is 86.7 cm³/mol. The molecule has 23 heavy (non-hydrogen) atoms. The highest BCUT2D eigenvalue weighted by atomic mass is 16.3. The van der Waals surface area contributed by atoms with Crippen LogP contribution in [0.5, 0.6) is 0 Å². The van der Waals surface area contributed by atoms with Gasteiger partial charge < -0.3 is 5.11 Å². The molecule has 0 radical (unpaired) electrons. The Kier molecular flexibility index (Phi) is 5.93. The van der Waals surface area contributed by atoms with Gasteiger partial charge in [-0.2, -0.15) is 0 Å². The lowest BCUT2D eigenvalue weighted by atomic mass is 9.76. The fourth-order valence-corrected chi connectivity index (χ4v) is 2.67. The van der Waals surface area contributed by atoms with Crippen molar-refractivity contribution in [3.05, 3.63) is 35.9 Å². The highest BCUT2D eigenvalue weighted by Crippen LogP contribution is 2.26. The number of benzene rings is 1. The zero-order chi connectivity index (χ0) is 16.8. The topological polar surface area (TPSA) is 83.8 Å². The van der Waals surface area contributed by atoms with E-state index < -0.39 is 11.8 Å². The molecule has 2 rings (SSSR count). The molecular weight excluding hydrogens is 294 g/mol. The highest BCUT2D eigenvalue weighted by molar-refractivity contribution is 6.23. The van der Waals surface area contributed by atoms with Gasteiger partial charge in [0.05, 0.1) is 18.6 Å². The van der Waals surface area contributed by atoms with E-state index in [1.807, 2.05) is 6.92 Å². The van der Waals surface area contributed by atoms with Crippen LogP contribution in [0.1, 0.15) is 36.5 Å². The lowest BCUT2D eigenvalue weighted by Crippen LogP contribution is -2.40. The Hall–Kier alpha value is -2.14. The molecule has 122 valence electrons. The lowest BCUT2D eigenvalue weighted by Gasteiger charge is -2.24. The minimum atomic E-state index is -0.970. The standard InChI is InChI=1S/C18H21NO4/c1-2-13(11-20)19-10-15-16(21)9-8-14(18(15)23)17(22)12-6-4-3-5-7-12/h3-7,10,13-15,20H,2,8-9,11H2,1H3/t13-,14-,15?/m0/s1. The quantitative estimate of drug-likeness (QED) is 0.493. The molecule has 0 aliphatic heterocycles. The maximum Gasteiger partial charge on any atom is 0.173 e. The van der Waals surface area contributed by atoms with Crippen molar-refractivity contribution in [1.82, 2.24) is 0 Å². The zero-order valence-electron chi connectivity index (χ0n) is 13.1. The van der Waals surface area contributed by atoms with Crippen molar-refractivity contribution in [3.8, 4) is 0 Å². The summed E-state index contributed by atoms with van der Waals surface area (Å²) < 4.78 is 0. The van der Waals surface area contributed by atoms with Crippen molar-refractivity contribution in [2.45, 2.75) is 32.2 Å². The molecule has 5 nitrogen and oxygen atoms in total. The van der Waals surface area contributed by atoms with E-state index in [2.05, 4.69) is 4.99 Å². The van der Waals surface area contributed by atoms with Crippen LogP contribution in [0.3, 0.4) is 0 Å². The van der Waals surface area contributed by atoms with Crippen LogP contribution in [0.2, 0.25) is 0 Å². The van der Waals surface area contributed by atoms with Gasteiger partial charge in [0.25, 0.3) is 0 Å². The second-order valence-electron chi connectivity index (χ2n) is 5.71. The van der Waals surface area contributed by atoms with Gasteiger partial charge in [-0.05, 0) is 12.8 Å². The van der Waals surface area contributed by atoms with Gasteiger partial charge in [0.2, 0.25) is 0 Å². The van der Waals surface area contributed by atoms with Gasteiger partial charge in [0.1, 0.15) is 11.7 Å². The Labute approximate surface area is 135 Å². The first-order valence-electron chi connectivity index (χ1n) is 7.88. The van der Waals surface area contributed by atoms with Crippen LogP contribution < -0.4 is 0 Å². The molecule has 0 bridgehead atoms. The number of hydrogen-bond acceptors (Lipinski definition) is 5. The number of hydrogen-bond donors (Lipinski definition) is 1. The number of aliphatic imine (C=N–C) groups is 1. The Morgan fingerprint density at radius 1 is 1.35 bits per heavy atom. The van der Waals surface area contributed by atoms with E-state index in [9.17, 15) is 14.4 Å². The maximum absolute atomic E-state index is 12.5. The summed E-state index contributed by atoms with van der Waals surface area (Å²) in [4.78, 5) is 41.2. The molecule has 0 saturated heterocycles. The molecule has 0 spiro atoms. The Morgan fingerprint density at radius 3 is 2.65 bits per heavy atom. The van der Waals surface area contributed by atoms with E-state index in [1.54, 1.807) is 30.3 Å². The van der Waals surface area contributed by atoms with Gasteiger partial charge in [-0.25, -0.2) is 0 Å². The first-order valence-corrected chi connectivity index (χ1v) is 7.88. The van der Waals surface area contributed by atoms with Gasteiger partial charge in [-0.15, -0.1) is 0 Å². The third-order valence-corrected chi connectivity index (χ3v) is 4.18. The molecule has 1 aliphatic carbocycles. The number of carbonyl (C=O) groups is 3. The van der Waals surface area contributed by atoms with Crippen molar-refractivity contribution in [2.24, 2.45) is 16.8 Å². The van der Waals surface area contributed by atoms with Crippen LogP contribution in [0.4, 0.5) is 0 Å². The van der Waals surface area contributed by atoms with Crippen LogP contribution in [-0.2, 0) is 9.59 Å². The lowest BCUT2D eigenvalue weighted by molar-refractivity contribution is -0.134. The first-order chi connectivity index (χ1) is 11.1. The van der Waals surface area contributed by atoms with Crippen LogP contribution in [0.15, 0.2) is 35.3 Å². The second kappa shape index (κ2) is 7.92. The van der Waals surface area contributed by atoms with Gasteiger partial charge in [0, 0.05) is 18.2 Å².